The normalized spacial score (nSPS) is 10.7. The van der Waals surface area contributed by atoms with E-state index in [2.05, 4.69) is 41.5 Å². The first-order chi connectivity index (χ1) is 9.24. The summed E-state index contributed by atoms with van der Waals surface area (Å²) in [5, 5.41) is 4.14. The maximum Gasteiger partial charge on any atom is 0.0426 e. The molecule has 0 saturated carbocycles. The van der Waals surface area contributed by atoms with Crippen molar-refractivity contribution in [2.24, 2.45) is 0 Å². The monoisotopic (exact) mass is 274 g/mol. The Balaban J connectivity index is 1.73. The van der Waals surface area contributed by atoms with Crippen LogP contribution >= 0.6 is 11.6 Å². The number of hydrogen-bond donors (Lipinski definition) is 1. The zero-order valence-electron chi connectivity index (χ0n) is 11.1. The lowest BCUT2D eigenvalue weighted by molar-refractivity contribution is 0.340. The van der Waals surface area contributed by atoms with Crippen LogP contribution in [0.3, 0.4) is 0 Å². The standard InChI is InChI=1S/C16H19ClN2/c1-19(13-14-6-3-2-4-7-14)11-10-18-16-9-5-8-15(17)12-16/h2-9,12,18H,10-11,13H2,1H3. The van der Waals surface area contributed by atoms with Crippen molar-refractivity contribution in [3.8, 4) is 0 Å². The van der Waals surface area contributed by atoms with Gasteiger partial charge in [-0.15, -0.1) is 0 Å². The molecule has 0 spiro atoms. The lowest BCUT2D eigenvalue weighted by Crippen LogP contribution is -2.24. The lowest BCUT2D eigenvalue weighted by Gasteiger charge is -2.17. The molecule has 0 atom stereocenters. The molecule has 0 aliphatic heterocycles. The van der Waals surface area contributed by atoms with Crippen molar-refractivity contribution in [1.82, 2.24) is 4.90 Å². The van der Waals surface area contributed by atoms with Crippen molar-refractivity contribution in [2.75, 3.05) is 25.5 Å². The third-order valence-electron chi connectivity index (χ3n) is 2.94. The zero-order chi connectivity index (χ0) is 13.5. The Kier molecular flexibility index (Phi) is 5.25. The minimum Gasteiger partial charge on any atom is -0.384 e. The summed E-state index contributed by atoms with van der Waals surface area (Å²) in [6, 6.07) is 18.3. The average molecular weight is 275 g/mol. The first-order valence-corrected chi connectivity index (χ1v) is 6.84. The lowest BCUT2D eigenvalue weighted by atomic mass is 10.2. The Morgan fingerprint density at radius 1 is 1.05 bits per heavy atom. The molecule has 1 N–H and O–H groups in total. The molecule has 0 bridgehead atoms. The number of likely N-dealkylation sites (N-methyl/N-ethyl adjacent to an activating group) is 1. The SMILES string of the molecule is CN(CCNc1cccc(Cl)c1)Cc1ccccc1. The zero-order valence-corrected chi connectivity index (χ0v) is 11.9. The summed E-state index contributed by atoms with van der Waals surface area (Å²) in [6.07, 6.45) is 0. The van der Waals surface area contributed by atoms with Gasteiger partial charge in [-0.05, 0) is 30.8 Å². The summed E-state index contributed by atoms with van der Waals surface area (Å²) in [4.78, 5) is 2.30. The Morgan fingerprint density at radius 3 is 2.58 bits per heavy atom. The van der Waals surface area contributed by atoms with E-state index in [1.54, 1.807) is 0 Å². The van der Waals surface area contributed by atoms with Crippen LogP contribution in [0.15, 0.2) is 54.6 Å². The van der Waals surface area contributed by atoms with Gasteiger partial charge in [-0.3, -0.25) is 0 Å². The van der Waals surface area contributed by atoms with E-state index < -0.39 is 0 Å². The van der Waals surface area contributed by atoms with Crippen LogP contribution in [-0.2, 0) is 6.54 Å². The van der Waals surface area contributed by atoms with Crippen LogP contribution in [0.1, 0.15) is 5.56 Å². The fourth-order valence-corrected chi connectivity index (χ4v) is 2.15. The van der Waals surface area contributed by atoms with Crippen molar-refractivity contribution in [3.63, 3.8) is 0 Å². The third-order valence-corrected chi connectivity index (χ3v) is 3.18. The summed E-state index contributed by atoms with van der Waals surface area (Å²) in [5.41, 5.74) is 2.41. The van der Waals surface area contributed by atoms with Crippen molar-refractivity contribution < 1.29 is 0 Å². The molecule has 2 nitrogen and oxygen atoms in total. The first-order valence-electron chi connectivity index (χ1n) is 6.46. The molecule has 0 saturated heterocycles. The molecule has 0 aliphatic carbocycles. The van der Waals surface area contributed by atoms with Gasteiger partial charge in [0.2, 0.25) is 0 Å². The molecule has 0 amide bonds. The van der Waals surface area contributed by atoms with Crippen LogP contribution in [0, 0.1) is 0 Å². The second-order valence-electron chi connectivity index (χ2n) is 4.66. The summed E-state index contributed by atoms with van der Waals surface area (Å²) < 4.78 is 0. The van der Waals surface area contributed by atoms with E-state index in [1.807, 2.05) is 30.3 Å². The molecule has 2 aromatic carbocycles. The van der Waals surface area contributed by atoms with Crippen molar-refractivity contribution in [3.05, 3.63) is 65.2 Å². The van der Waals surface area contributed by atoms with Crippen molar-refractivity contribution in [2.45, 2.75) is 6.54 Å². The number of rotatable bonds is 6. The first kappa shape index (κ1) is 13.9. The Labute approximate surface area is 120 Å². The van der Waals surface area contributed by atoms with E-state index in [4.69, 9.17) is 11.6 Å². The quantitative estimate of drug-likeness (QED) is 0.860. The maximum absolute atomic E-state index is 5.94. The molecule has 2 aromatic rings. The molecular weight excluding hydrogens is 256 g/mol. The van der Waals surface area contributed by atoms with Gasteiger partial charge in [0.25, 0.3) is 0 Å². The summed E-state index contributed by atoms with van der Waals surface area (Å²) >= 11 is 5.94. The molecule has 19 heavy (non-hydrogen) atoms. The number of halogens is 1. The number of nitrogens with zero attached hydrogens (tertiary/aromatic N) is 1. The largest absolute Gasteiger partial charge is 0.384 e. The predicted octanol–water partition coefficient (Wildman–Crippen LogP) is 3.88. The minimum absolute atomic E-state index is 0.766. The highest BCUT2D eigenvalue weighted by Gasteiger charge is 2.00. The van der Waals surface area contributed by atoms with Gasteiger partial charge in [-0.1, -0.05) is 48.0 Å². The average Bonchev–Trinajstić information content (AvgIpc) is 2.40. The maximum atomic E-state index is 5.94. The van der Waals surface area contributed by atoms with Gasteiger partial charge in [-0.2, -0.15) is 0 Å². The number of nitrogens with one attached hydrogen (secondary N) is 1. The van der Waals surface area contributed by atoms with E-state index >= 15 is 0 Å². The Hall–Kier alpha value is -1.51. The molecule has 3 heteroatoms. The molecular formula is C16H19ClN2. The molecule has 2 rings (SSSR count). The molecule has 0 radical (unpaired) electrons. The minimum atomic E-state index is 0.766. The number of hydrogen-bond acceptors (Lipinski definition) is 2. The van der Waals surface area contributed by atoms with Crippen LogP contribution in [0.4, 0.5) is 5.69 Å². The molecule has 0 unspecified atom stereocenters. The van der Waals surface area contributed by atoms with E-state index in [1.165, 1.54) is 5.56 Å². The van der Waals surface area contributed by atoms with Gasteiger partial charge >= 0.3 is 0 Å². The fourth-order valence-electron chi connectivity index (χ4n) is 1.96. The van der Waals surface area contributed by atoms with Crippen molar-refractivity contribution in [1.29, 1.82) is 0 Å². The van der Waals surface area contributed by atoms with Gasteiger partial charge in [0.05, 0.1) is 0 Å². The fraction of sp³-hybridized carbons (Fsp3) is 0.250. The van der Waals surface area contributed by atoms with Crippen molar-refractivity contribution >= 4 is 17.3 Å². The van der Waals surface area contributed by atoms with Crippen LogP contribution in [0.5, 0.6) is 0 Å². The van der Waals surface area contributed by atoms with Crippen LogP contribution in [0.2, 0.25) is 5.02 Å². The van der Waals surface area contributed by atoms with Crippen LogP contribution in [-0.4, -0.2) is 25.0 Å². The van der Waals surface area contributed by atoms with Gasteiger partial charge < -0.3 is 10.2 Å². The van der Waals surface area contributed by atoms with E-state index in [0.29, 0.717) is 0 Å². The number of anilines is 1. The highest BCUT2D eigenvalue weighted by Crippen LogP contribution is 2.14. The number of benzene rings is 2. The van der Waals surface area contributed by atoms with Crippen LogP contribution < -0.4 is 5.32 Å². The van der Waals surface area contributed by atoms with E-state index in [9.17, 15) is 0 Å². The molecule has 0 aliphatic rings. The van der Waals surface area contributed by atoms with Gasteiger partial charge in [0, 0.05) is 30.3 Å². The summed E-state index contributed by atoms with van der Waals surface area (Å²) in [6.45, 7) is 2.86. The van der Waals surface area contributed by atoms with Crippen LogP contribution in [0.25, 0.3) is 0 Å². The Morgan fingerprint density at radius 2 is 1.84 bits per heavy atom. The van der Waals surface area contributed by atoms with Gasteiger partial charge in [-0.25, -0.2) is 0 Å². The molecule has 0 heterocycles. The molecule has 0 fully saturated rings. The second-order valence-corrected chi connectivity index (χ2v) is 5.10. The van der Waals surface area contributed by atoms with Gasteiger partial charge in [0.1, 0.15) is 0 Å². The third kappa shape index (κ3) is 4.93. The topological polar surface area (TPSA) is 15.3 Å². The predicted molar refractivity (Wildman–Crippen MR) is 82.7 cm³/mol. The highest BCUT2D eigenvalue weighted by atomic mass is 35.5. The highest BCUT2D eigenvalue weighted by molar-refractivity contribution is 6.30. The smallest absolute Gasteiger partial charge is 0.0426 e. The van der Waals surface area contributed by atoms with E-state index in [-0.39, 0.29) is 0 Å². The Bertz CT molecular complexity index is 499. The van der Waals surface area contributed by atoms with Gasteiger partial charge in [0.15, 0.2) is 0 Å². The summed E-state index contributed by atoms with van der Waals surface area (Å²) in [7, 11) is 2.13. The summed E-state index contributed by atoms with van der Waals surface area (Å²) in [5.74, 6) is 0. The second kappa shape index (κ2) is 7.17. The molecule has 100 valence electrons. The van der Waals surface area contributed by atoms with E-state index in [0.717, 1.165) is 30.3 Å². The molecule has 0 aromatic heterocycles.